The Labute approximate surface area is 151 Å². The normalized spacial score (nSPS) is 17.6. The van der Waals surface area contributed by atoms with Crippen molar-refractivity contribution in [3.63, 3.8) is 0 Å². The second-order valence-corrected chi connectivity index (χ2v) is 7.36. The van der Waals surface area contributed by atoms with Crippen LogP contribution in [0.5, 0.6) is 0 Å². The van der Waals surface area contributed by atoms with Gasteiger partial charge in [-0.25, -0.2) is 4.98 Å². The van der Waals surface area contributed by atoms with Gasteiger partial charge in [0.15, 0.2) is 5.16 Å². The molecule has 1 aromatic carbocycles. The molecule has 2 unspecified atom stereocenters. The number of thioether (sulfide) groups is 1. The van der Waals surface area contributed by atoms with Crippen molar-refractivity contribution in [2.45, 2.75) is 44.9 Å². The number of carbonyl (C=O) groups excluding carboxylic acids is 1. The van der Waals surface area contributed by atoms with Gasteiger partial charge in [-0.2, -0.15) is 0 Å². The molecule has 0 radical (unpaired) electrons. The fourth-order valence-corrected chi connectivity index (χ4v) is 4.24. The Morgan fingerprint density at radius 3 is 2.80 bits per heavy atom. The van der Waals surface area contributed by atoms with E-state index in [2.05, 4.69) is 10.3 Å². The number of nitrogens with one attached hydrogen (secondary N) is 1. The highest BCUT2D eigenvalue weighted by Crippen LogP contribution is 2.26. The van der Waals surface area contributed by atoms with Crippen molar-refractivity contribution in [1.82, 2.24) is 14.9 Å². The average molecular weight is 357 g/mol. The third-order valence-corrected chi connectivity index (χ3v) is 5.77. The van der Waals surface area contributed by atoms with Crippen LogP contribution < -0.4 is 10.9 Å². The van der Waals surface area contributed by atoms with Gasteiger partial charge in [-0.1, -0.05) is 49.0 Å². The monoisotopic (exact) mass is 357 g/mol. The second-order valence-electron chi connectivity index (χ2n) is 6.38. The molecule has 5 nitrogen and oxygen atoms in total. The van der Waals surface area contributed by atoms with Gasteiger partial charge in [0.2, 0.25) is 5.91 Å². The van der Waals surface area contributed by atoms with Crippen LogP contribution in [0.4, 0.5) is 0 Å². The van der Waals surface area contributed by atoms with Gasteiger partial charge in [0, 0.05) is 23.6 Å². The van der Waals surface area contributed by atoms with Crippen LogP contribution in [0.15, 0.2) is 40.3 Å². The van der Waals surface area contributed by atoms with Crippen molar-refractivity contribution >= 4 is 17.7 Å². The molecule has 6 heteroatoms. The van der Waals surface area contributed by atoms with Gasteiger partial charge in [-0.15, -0.1) is 0 Å². The van der Waals surface area contributed by atoms with Crippen LogP contribution in [0.3, 0.4) is 0 Å². The van der Waals surface area contributed by atoms with Crippen molar-refractivity contribution in [2.24, 2.45) is 5.92 Å². The maximum atomic E-state index is 12.7. The summed E-state index contributed by atoms with van der Waals surface area (Å²) in [5, 5.41) is 3.79. The van der Waals surface area contributed by atoms with Crippen LogP contribution in [0.1, 0.15) is 36.7 Å². The van der Waals surface area contributed by atoms with Crippen molar-refractivity contribution in [2.75, 3.05) is 5.75 Å². The van der Waals surface area contributed by atoms with Gasteiger partial charge in [-0.3, -0.25) is 14.2 Å². The number of hydrogen-bond acceptors (Lipinski definition) is 4. The molecule has 3 rings (SSSR count). The van der Waals surface area contributed by atoms with E-state index in [0.29, 0.717) is 18.7 Å². The van der Waals surface area contributed by atoms with Crippen molar-refractivity contribution < 1.29 is 4.79 Å². The fourth-order valence-electron chi connectivity index (χ4n) is 3.12. The first-order valence-electron chi connectivity index (χ1n) is 8.59. The molecule has 2 aromatic rings. The molecule has 25 heavy (non-hydrogen) atoms. The lowest BCUT2D eigenvalue weighted by Crippen LogP contribution is -2.41. The summed E-state index contributed by atoms with van der Waals surface area (Å²) in [6.45, 7) is 6.21. The third-order valence-electron chi connectivity index (χ3n) is 4.63. The van der Waals surface area contributed by atoms with Crippen molar-refractivity contribution in [3.8, 4) is 0 Å². The Balaban J connectivity index is 1.76. The van der Waals surface area contributed by atoms with Gasteiger partial charge in [0.1, 0.15) is 0 Å². The highest BCUT2D eigenvalue weighted by molar-refractivity contribution is 7.99. The number of amides is 1. The molecule has 2 atom stereocenters. The van der Waals surface area contributed by atoms with Crippen molar-refractivity contribution in [3.05, 3.63) is 57.5 Å². The maximum absolute atomic E-state index is 12.7. The Morgan fingerprint density at radius 1 is 1.40 bits per heavy atom. The molecule has 1 aromatic heterocycles. The summed E-state index contributed by atoms with van der Waals surface area (Å²) in [6, 6.07) is 9.83. The molecule has 132 valence electrons. The van der Waals surface area contributed by atoms with Crippen LogP contribution in [0, 0.1) is 12.8 Å². The maximum Gasteiger partial charge on any atom is 0.257 e. The molecule has 1 N–H and O–H groups in total. The summed E-state index contributed by atoms with van der Waals surface area (Å²) >= 11 is 1.49. The number of nitrogens with zero attached hydrogens (tertiary/aromatic N) is 2. The lowest BCUT2D eigenvalue weighted by atomic mass is 10.1. The van der Waals surface area contributed by atoms with Gasteiger partial charge >= 0.3 is 0 Å². The zero-order valence-electron chi connectivity index (χ0n) is 14.8. The van der Waals surface area contributed by atoms with Crippen molar-refractivity contribution in [1.29, 1.82) is 0 Å². The number of benzene rings is 1. The van der Waals surface area contributed by atoms with Gasteiger partial charge in [-0.05, 0) is 25.8 Å². The van der Waals surface area contributed by atoms with Gasteiger partial charge < -0.3 is 5.32 Å². The topological polar surface area (TPSA) is 64.0 Å². The van der Waals surface area contributed by atoms with E-state index in [1.165, 1.54) is 11.8 Å². The Hall–Kier alpha value is -2.08. The standard InChI is InChI=1S/C19H23N3O2S/c1-4-16-13(3)21-19-22(18(16)24)10-15(11-25-19)17(23)20-12(2)14-8-6-5-7-9-14/h5-9,12,15H,4,10-11H2,1-3H3,(H,20,23). The van der Waals surface area contributed by atoms with E-state index in [0.717, 1.165) is 22.0 Å². The highest BCUT2D eigenvalue weighted by atomic mass is 32.2. The van der Waals surface area contributed by atoms with E-state index < -0.39 is 0 Å². The summed E-state index contributed by atoms with van der Waals surface area (Å²) in [7, 11) is 0. The number of aryl methyl sites for hydroxylation is 1. The summed E-state index contributed by atoms with van der Waals surface area (Å²) < 4.78 is 1.66. The number of rotatable bonds is 4. The van der Waals surface area contributed by atoms with E-state index in [-0.39, 0.29) is 23.4 Å². The average Bonchev–Trinajstić information content (AvgIpc) is 2.62. The van der Waals surface area contributed by atoms with Gasteiger partial charge in [0.25, 0.3) is 5.56 Å². The summed E-state index contributed by atoms with van der Waals surface area (Å²) in [5.74, 6) is 0.403. The van der Waals surface area contributed by atoms with E-state index in [4.69, 9.17) is 0 Å². The van der Waals surface area contributed by atoms with Crippen LogP contribution in [-0.4, -0.2) is 21.2 Å². The Morgan fingerprint density at radius 2 is 2.12 bits per heavy atom. The number of carbonyl (C=O) groups is 1. The smallest absolute Gasteiger partial charge is 0.257 e. The van der Waals surface area contributed by atoms with E-state index in [9.17, 15) is 9.59 Å². The zero-order valence-corrected chi connectivity index (χ0v) is 15.6. The molecule has 0 bridgehead atoms. The van der Waals surface area contributed by atoms with Crippen LogP contribution in [-0.2, 0) is 17.8 Å². The van der Waals surface area contributed by atoms with Crippen LogP contribution in [0.2, 0.25) is 0 Å². The minimum absolute atomic E-state index is 0.00823. The predicted octanol–water partition coefficient (Wildman–Crippen LogP) is 2.71. The minimum Gasteiger partial charge on any atom is -0.349 e. The summed E-state index contributed by atoms with van der Waals surface area (Å²) in [4.78, 5) is 29.9. The molecule has 0 saturated carbocycles. The van der Waals surface area contributed by atoms with E-state index in [1.54, 1.807) is 4.57 Å². The van der Waals surface area contributed by atoms with E-state index >= 15 is 0 Å². The minimum atomic E-state index is -0.226. The summed E-state index contributed by atoms with van der Waals surface area (Å²) in [6.07, 6.45) is 0.657. The van der Waals surface area contributed by atoms with Crippen LogP contribution in [0.25, 0.3) is 0 Å². The first kappa shape index (κ1) is 17.7. The quantitative estimate of drug-likeness (QED) is 0.855. The predicted molar refractivity (Wildman–Crippen MR) is 99.8 cm³/mol. The molecule has 2 heterocycles. The number of hydrogen-bond donors (Lipinski definition) is 1. The molecule has 0 saturated heterocycles. The fraction of sp³-hybridized carbons (Fsp3) is 0.421. The number of aromatic nitrogens is 2. The number of fused-ring (bicyclic) bond motifs is 1. The lowest BCUT2D eigenvalue weighted by molar-refractivity contribution is -0.125. The SMILES string of the molecule is CCc1c(C)nc2n(c1=O)CC(C(=O)NC(C)c1ccccc1)CS2. The zero-order chi connectivity index (χ0) is 18.0. The highest BCUT2D eigenvalue weighted by Gasteiger charge is 2.28. The molecule has 1 aliphatic heterocycles. The first-order chi connectivity index (χ1) is 12.0. The Bertz CT molecular complexity index is 833. The Kier molecular flexibility index (Phi) is 5.27. The summed E-state index contributed by atoms with van der Waals surface area (Å²) in [5.41, 5.74) is 2.60. The third kappa shape index (κ3) is 3.63. The first-order valence-corrected chi connectivity index (χ1v) is 9.58. The van der Waals surface area contributed by atoms with Gasteiger partial charge in [0.05, 0.1) is 12.0 Å². The van der Waals surface area contributed by atoms with Crippen LogP contribution >= 0.6 is 11.8 Å². The largest absolute Gasteiger partial charge is 0.349 e. The molecule has 1 amide bonds. The lowest BCUT2D eigenvalue weighted by Gasteiger charge is -2.26. The second kappa shape index (κ2) is 7.44. The molecule has 0 fully saturated rings. The van der Waals surface area contributed by atoms with E-state index in [1.807, 2.05) is 51.1 Å². The molecule has 0 aliphatic carbocycles. The molecule has 0 spiro atoms. The molecule has 1 aliphatic rings. The molecular weight excluding hydrogens is 334 g/mol. The molecular formula is C19H23N3O2S.